The lowest BCUT2D eigenvalue weighted by atomic mass is 10.0. The van der Waals surface area contributed by atoms with E-state index in [1.54, 1.807) is 40.4 Å². The normalized spacial score (nSPS) is 10.4. The van der Waals surface area contributed by atoms with Gasteiger partial charge in [-0.3, -0.25) is 0 Å². The van der Waals surface area contributed by atoms with E-state index in [-0.39, 0.29) is 5.56 Å². The first-order chi connectivity index (χ1) is 15.5. The molecule has 0 radical (unpaired) electrons. The molecule has 168 valence electrons. The monoisotopic (exact) mass is 438 g/mol. The first-order valence-corrected chi connectivity index (χ1v) is 9.95. The van der Waals surface area contributed by atoms with Gasteiger partial charge in [0.2, 0.25) is 5.75 Å². The van der Waals surface area contributed by atoms with Crippen molar-refractivity contribution < 1.29 is 28.5 Å². The Kier molecular flexibility index (Phi) is 7.49. The standard InChI is InChI=1S/C24H26N2O6/c1-15-25-13-18(14-26-15)24(27)32-20-10-16(8-9-19(20)28-2)6-7-17-11-21(29-3)23(31-5)22(12-17)30-4/h8-14H,6-7H2,1-5H3. The van der Waals surface area contributed by atoms with Gasteiger partial charge in [0.15, 0.2) is 23.0 Å². The van der Waals surface area contributed by atoms with Crippen molar-refractivity contribution in [2.24, 2.45) is 0 Å². The predicted octanol–water partition coefficient (Wildman–Crippen LogP) is 3.82. The molecule has 3 rings (SSSR count). The SMILES string of the molecule is COc1ccc(CCc2cc(OC)c(OC)c(OC)c2)cc1OC(=O)c1cnc(C)nc1. The first kappa shape index (κ1) is 22.9. The summed E-state index contributed by atoms with van der Waals surface area (Å²) in [6.07, 6.45) is 4.28. The highest BCUT2D eigenvalue weighted by Gasteiger charge is 2.16. The third kappa shape index (κ3) is 5.26. The van der Waals surface area contributed by atoms with E-state index >= 15 is 0 Å². The Morgan fingerprint density at radius 2 is 1.31 bits per heavy atom. The number of aryl methyl sites for hydroxylation is 3. The van der Waals surface area contributed by atoms with Crippen LogP contribution in [0.2, 0.25) is 0 Å². The van der Waals surface area contributed by atoms with Crippen LogP contribution >= 0.6 is 0 Å². The maximum absolute atomic E-state index is 12.5. The second kappa shape index (κ2) is 10.5. The Labute approximate surface area is 187 Å². The third-order valence-electron chi connectivity index (χ3n) is 4.87. The number of carbonyl (C=O) groups is 1. The summed E-state index contributed by atoms with van der Waals surface area (Å²) in [7, 11) is 6.27. The Morgan fingerprint density at radius 1 is 0.750 bits per heavy atom. The molecule has 1 heterocycles. The zero-order valence-corrected chi connectivity index (χ0v) is 18.8. The summed E-state index contributed by atoms with van der Waals surface area (Å²) in [6.45, 7) is 1.75. The van der Waals surface area contributed by atoms with Crippen LogP contribution in [0, 0.1) is 6.92 Å². The molecular weight excluding hydrogens is 412 g/mol. The Bertz CT molecular complexity index is 1060. The van der Waals surface area contributed by atoms with E-state index in [0.29, 0.717) is 47.4 Å². The largest absolute Gasteiger partial charge is 0.493 e. The molecule has 0 N–H and O–H groups in total. The van der Waals surface area contributed by atoms with Gasteiger partial charge in [-0.05, 0) is 55.2 Å². The average Bonchev–Trinajstić information content (AvgIpc) is 2.82. The van der Waals surface area contributed by atoms with Gasteiger partial charge in [-0.1, -0.05) is 6.07 Å². The summed E-state index contributed by atoms with van der Waals surface area (Å²) in [5.74, 6) is 2.58. The minimum Gasteiger partial charge on any atom is -0.493 e. The first-order valence-electron chi connectivity index (χ1n) is 9.95. The lowest BCUT2D eigenvalue weighted by Gasteiger charge is -2.14. The number of nitrogens with zero attached hydrogens (tertiary/aromatic N) is 2. The van der Waals surface area contributed by atoms with Crippen molar-refractivity contribution in [3.05, 3.63) is 65.2 Å². The van der Waals surface area contributed by atoms with Crippen LogP contribution in [0.1, 0.15) is 27.3 Å². The second-order valence-electron chi connectivity index (χ2n) is 6.93. The molecular formula is C24H26N2O6. The minimum absolute atomic E-state index is 0.264. The van der Waals surface area contributed by atoms with Crippen LogP contribution in [0.3, 0.4) is 0 Å². The lowest BCUT2D eigenvalue weighted by Crippen LogP contribution is -2.11. The molecule has 0 aliphatic heterocycles. The van der Waals surface area contributed by atoms with Crippen LogP contribution in [-0.4, -0.2) is 44.4 Å². The van der Waals surface area contributed by atoms with Gasteiger partial charge in [-0.15, -0.1) is 0 Å². The maximum Gasteiger partial charge on any atom is 0.346 e. The molecule has 0 saturated carbocycles. The molecule has 2 aromatic carbocycles. The summed E-state index contributed by atoms with van der Waals surface area (Å²) in [5, 5.41) is 0. The van der Waals surface area contributed by atoms with Crippen LogP contribution in [-0.2, 0) is 12.8 Å². The molecule has 0 aliphatic carbocycles. The lowest BCUT2D eigenvalue weighted by molar-refractivity contribution is 0.0728. The van der Waals surface area contributed by atoms with Gasteiger partial charge < -0.3 is 23.7 Å². The van der Waals surface area contributed by atoms with E-state index in [9.17, 15) is 4.79 Å². The third-order valence-corrected chi connectivity index (χ3v) is 4.87. The van der Waals surface area contributed by atoms with Crippen LogP contribution < -0.4 is 23.7 Å². The summed E-state index contributed by atoms with van der Waals surface area (Å²) in [6, 6.07) is 9.35. The smallest absolute Gasteiger partial charge is 0.346 e. The summed E-state index contributed by atoms with van der Waals surface area (Å²) in [5.41, 5.74) is 2.26. The molecule has 0 aliphatic rings. The number of aromatic nitrogens is 2. The highest BCUT2D eigenvalue weighted by atomic mass is 16.6. The van der Waals surface area contributed by atoms with E-state index < -0.39 is 5.97 Å². The van der Waals surface area contributed by atoms with Gasteiger partial charge in [0.25, 0.3) is 0 Å². The van der Waals surface area contributed by atoms with Crippen LogP contribution in [0.15, 0.2) is 42.7 Å². The van der Waals surface area contributed by atoms with E-state index in [0.717, 1.165) is 11.1 Å². The van der Waals surface area contributed by atoms with Crippen molar-refractivity contribution in [1.82, 2.24) is 9.97 Å². The maximum atomic E-state index is 12.5. The molecule has 0 atom stereocenters. The number of benzene rings is 2. The number of hydrogen-bond acceptors (Lipinski definition) is 8. The molecule has 0 unspecified atom stereocenters. The van der Waals surface area contributed by atoms with Crippen LogP contribution in [0.25, 0.3) is 0 Å². The van der Waals surface area contributed by atoms with Crippen LogP contribution in [0.4, 0.5) is 0 Å². The topological polar surface area (TPSA) is 89.0 Å². The molecule has 8 heteroatoms. The van der Waals surface area contributed by atoms with E-state index in [1.807, 2.05) is 18.2 Å². The van der Waals surface area contributed by atoms with E-state index in [4.69, 9.17) is 23.7 Å². The van der Waals surface area contributed by atoms with E-state index in [1.165, 1.54) is 19.5 Å². The Balaban J connectivity index is 1.78. The number of carbonyl (C=O) groups excluding carboxylic acids is 1. The van der Waals surface area contributed by atoms with Gasteiger partial charge >= 0.3 is 5.97 Å². The van der Waals surface area contributed by atoms with Crippen molar-refractivity contribution in [3.63, 3.8) is 0 Å². The summed E-state index contributed by atoms with van der Waals surface area (Å²) >= 11 is 0. The van der Waals surface area contributed by atoms with Crippen molar-refractivity contribution in [3.8, 4) is 28.7 Å². The number of esters is 1. The van der Waals surface area contributed by atoms with Gasteiger partial charge in [0.1, 0.15) is 5.82 Å². The van der Waals surface area contributed by atoms with Gasteiger partial charge in [-0.2, -0.15) is 0 Å². The molecule has 0 amide bonds. The predicted molar refractivity (Wildman–Crippen MR) is 118 cm³/mol. The zero-order chi connectivity index (χ0) is 23.1. The fourth-order valence-electron chi connectivity index (χ4n) is 3.18. The van der Waals surface area contributed by atoms with Crippen molar-refractivity contribution in [2.75, 3.05) is 28.4 Å². The molecule has 0 fully saturated rings. The van der Waals surface area contributed by atoms with Crippen molar-refractivity contribution in [1.29, 1.82) is 0 Å². The molecule has 8 nitrogen and oxygen atoms in total. The fourth-order valence-corrected chi connectivity index (χ4v) is 3.18. The summed E-state index contributed by atoms with van der Waals surface area (Å²) in [4.78, 5) is 20.6. The quantitative estimate of drug-likeness (QED) is 0.368. The number of hydrogen-bond donors (Lipinski definition) is 0. The van der Waals surface area contributed by atoms with Gasteiger partial charge in [0.05, 0.1) is 34.0 Å². The molecule has 3 aromatic rings. The molecule has 0 spiro atoms. The number of methoxy groups -OCH3 is 4. The average molecular weight is 438 g/mol. The number of ether oxygens (including phenoxy) is 5. The highest BCUT2D eigenvalue weighted by Crippen LogP contribution is 2.38. The number of rotatable bonds is 9. The summed E-state index contributed by atoms with van der Waals surface area (Å²) < 4.78 is 27.1. The minimum atomic E-state index is -0.551. The Hall–Kier alpha value is -3.81. The molecule has 1 aromatic heterocycles. The molecule has 0 saturated heterocycles. The molecule has 0 bridgehead atoms. The highest BCUT2D eigenvalue weighted by molar-refractivity contribution is 5.90. The van der Waals surface area contributed by atoms with Gasteiger partial charge in [-0.25, -0.2) is 14.8 Å². The van der Waals surface area contributed by atoms with Crippen LogP contribution in [0.5, 0.6) is 28.7 Å². The van der Waals surface area contributed by atoms with Crippen molar-refractivity contribution >= 4 is 5.97 Å². The zero-order valence-electron chi connectivity index (χ0n) is 18.8. The van der Waals surface area contributed by atoms with Gasteiger partial charge in [0, 0.05) is 12.4 Å². The van der Waals surface area contributed by atoms with Crippen molar-refractivity contribution in [2.45, 2.75) is 19.8 Å². The molecule has 32 heavy (non-hydrogen) atoms. The Morgan fingerprint density at radius 3 is 1.88 bits per heavy atom. The van der Waals surface area contributed by atoms with E-state index in [2.05, 4.69) is 9.97 Å². The fraction of sp³-hybridized carbons (Fsp3) is 0.292. The second-order valence-corrected chi connectivity index (χ2v) is 6.93.